The summed E-state index contributed by atoms with van der Waals surface area (Å²) in [5.74, 6) is 1.64. The Balaban J connectivity index is 1.70. The number of amides is 1. The van der Waals surface area contributed by atoms with E-state index in [-0.39, 0.29) is 5.91 Å². The molecule has 0 aromatic heterocycles. The Morgan fingerprint density at radius 1 is 1.17 bits per heavy atom. The monoisotopic (exact) mass is 349 g/mol. The van der Waals surface area contributed by atoms with Crippen molar-refractivity contribution in [2.45, 2.75) is 11.9 Å². The van der Waals surface area contributed by atoms with Crippen molar-refractivity contribution in [2.24, 2.45) is 0 Å². The molecule has 2 aromatic rings. The van der Waals surface area contributed by atoms with E-state index in [1.807, 2.05) is 54.6 Å². The molecule has 1 N–H and O–H groups in total. The molecule has 0 saturated carbocycles. The molecular weight excluding hydrogens is 330 g/mol. The maximum absolute atomic E-state index is 12.2. The lowest BCUT2D eigenvalue weighted by Gasteiger charge is -2.15. The van der Waals surface area contributed by atoms with Crippen molar-refractivity contribution in [3.8, 4) is 0 Å². The summed E-state index contributed by atoms with van der Waals surface area (Å²) in [4.78, 5) is 12.2. The van der Waals surface area contributed by atoms with Crippen molar-refractivity contribution in [3.63, 3.8) is 0 Å². The minimum atomic E-state index is -0.558. The van der Waals surface area contributed by atoms with Gasteiger partial charge in [0.2, 0.25) is 0 Å². The summed E-state index contributed by atoms with van der Waals surface area (Å²) in [5.41, 5.74) is 2.09. The number of nitrogens with one attached hydrogen (secondary N) is 1. The summed E-state index contributed by atoms with van der Waals surface area (Å²) in [6.07, 6.45) is -0.558. The van der Waals surface area contributed by atoms with Crippen molar-refractivity contribution in [1.29, 1.82) is 0 Å². The lowest BCUT2D eigenvalue weighted by molar-refractivity contribution is -0.131. The molecule has 0 aliphatic carbocycles. The fraction of sp³-hybridized carbons (Fsp3) is 0.278. The molecule has 2 aromatic carbocycles. The molecule has 1 unspecified atom stereocenters. The molecule has 0 fully saturated rings. The van der Waals surface area contributed by atoms with Gasteiger partial charge in [0.25, 0.3) is 5.91 Å². The van der Waals surface area contributed by atoms with Crippen LogP contribution in [0.5, 0.6) is 0 Å². The standard InChI is InChI=1S/C18H20ClNO2S/c1-22-17(15-5-3-2-4-6-15)18(21)20-11-12-23-13-14-7-9-16(19)10-8-14/h2-10,17H,11-13H2,1H3,(H,20,21). The largest absolute Gasteiger partial charge is 0.367 e. The van der Waals surface area contributed by atoms with Gasteiger partial charge in [0, 0.05) is 30.2 Å². The van der Waals surface area contributed by atoms with E-state index in [1.165, 1.54) is 5.56 Å². The maximum Gasteiger partial charge on any atom is 0.253 e. The molecule has 0 heterocycles. The fourth-order valence-corrected chi connectivity index (χ4v) is 3.08. The van der Waals surface area contributed by atoms with E-state index in [2.05, 4.69) is 5.32 Å². The van der Waals surface area contributed by atoms with Crippen LogP contribution in [0.3, 0.4) is 0 Å². The van der Waals surface area contributed by atoms with Crippen molar-refractivity contribution in [2.75, 3.05) is 19.4 Å². The first-order valence-corrected chi connectivity index (χ1v) is 8.91. The molecule has 0 aliphatic rings. The molecule has 0 saturated heterocycles. The molecule has 0 radical (unpaired) electrons. The highest BCUT2D eigenvalue weighted by molar-refractivity contribution is 7.98. The number of methoxy groups -OCH3 is 1. The quantitative estimate of drug-likeness (QED) is 0.730. The van der Waals surface area contributed by atoms with Gasteiger partial charge in [0.05, 0.1) is 0 Å². The van der Waals surface area contributed by atoms with Gasteiger partial charge < -0.3 is 10.1 Å². The van der Waals surface area contributed by atoms with Gasteiger partial charge in [-0.25, -0.2) is 0 Å². The number of carbonyl (C=O) groups is 1. The highest BCUT2D eigenvalue weighted by Gasteiger charge is 2.18. The third-order valence-electron chi connectivity index (χ3n) is 3.30. The Labute approximate surface area is 146 Å². The van der Waals surface area contributed by atoms with Crippen LogP contribution >= 0.6 is 23.4 Å². The molecule has 0 aliphatic heterocycles. The lowest BCUT2D eigenvalue weighted by atomic mass is 10.1. The lowest BCUT2D eigenvalue weighted by Crippen LogP contribution is -2.32. The molecule has 1 amide bonds. The number of thioether (sulfide) groups is 1. The molecule has 5 heteroatoms. The molecule has 122 valence electrons. The predicted molar refractivity (Wildman–Crippen MR) is 96.8 cm³/mol. The zero-order valence-corrected chi connectivity index (χ0v) is 14.6. The summed E-state index contributed by atoms with van der Waals surface area (Å²) in [5, 5.41) is 3.67. The van der Waals surface area contributed by atoms with Crippen LogP contribution in [0.15, 0.2) is 54.6 Å². The molecule has 0 bridgehead atoms. The summed E-state index contributed by atoms with van der Waals surface area (Å²) >= 11 is 7.63. The van der Waals surface area contributed by atoms with Crippen molar-refractivity contribution >= 4 is 29.3 Å². The number of ether oxygens (including phenoxy) is 1. The predicted octanol–water partition coefficient (Wildman–Crippen LogP) is 4.08. The van der Waals surface area contributed by atoms with Crippen molar-refractivity contribution < 1.29 is 9.53 Å². The Bertz CT molecular complexity index is 604. The van der Waals surface area contributed by atoms with Crippen LogP contribution in [0.1, 0.15) is 17.2 Å². The second kappa shape index (κ2) is 9.60. The van der Waals surface area contributed by atoms with Gasteiger partial charge in [-0.05, 0) is 23.3 Å². The van der Waals surface area contributed by atoms with Crippen LogP contribution in [0.4, 0.5) is 0 Å². The van der Waals surface area contributed by atoms with Crippen LogP contribution in [0.25, 0.3) is 0 Å². The summed E-state index contributed by atoms with van der Waals surface area (Å²) < 4.78 is 5.30. The Morgan fingerprint density at radius 3 is 2.52 bits per heavy atom. The Kier molecular flexibility index (Phi) is 7.46. The number of benzene rings is 2. The first kappa shape index (κ1) is 17.9. The van der Waals surface area contributed by atoms with E-state index >= 15 is 0 Å². The topological polar surface area (TPSA) is 38.3 Å². The van der Waals surface area contributed by atoms with Crippen LogP contribution < -0.4 is 5.32 Å². The van der Waals surface area contributed by atoms with E-state index in [9.17, 15) is 4.79 Å². The number of rotatable bonds is 8. The van der Waals surface area contributed by atoms with Gasteiger partial charge in [-0.2, -0.15) is 11.8 Å². The average molecular weight is 350 g/mol. The number of hydrogen-bond donors (Lipinski definition) is 1. The number of halogens is 1. The molecule has 1 atom stereocenters. The van der Waals surface area contributed by atoms with Gasteiger partial charge in [-0.1, -0.05) is 54.1 Å². The van der Waals surface area contributed by atoms with Crippen LogP contribution in [0.2, 0.25) is 5.02 Å². The third-order valence-corrected chi connectivity index (χ3v) is 4.59. The highest BCUT2D eigenvalue weighted by Crippen LogP contribution is 2.17. The van der Waals surface area contributed by atoms with Crippen LogP contribution in [-0.2, 0) is 15.3 Å². The zero-order valence-electron chi connectivity index (χ0n) is 13.0. The van der Waals surface area contributed by atoms with E-state index in [1.54, 1.807) is 18.9 Å². The minimum absolute atomic E-state index is 0.106. The first-order valence-electron chi connectivity index (χ1n) is 7.38. The van der Waals surface area contributed by atoms with Gasteiger partial charge in [-0.15, -0.1) is 0 Å². The summed E-state index contributed by atoms with van der Waals surface area (Å²) in [6.45, 7) is 0.615. The van der Waals surface area contributed by atoms with Crippen LogP contribution in [0, 0.1) is 0 Å². The highest BCUT2D eigenvalue weighted by atomic mass is 35.5. The molecule has 2 rings (SSSR count). The van der Waals surface area contributed by atoms with Gasteiger partial charge in [-0.3, -0.25) is 4.79 Å². The second-order valence-corrected chi connectivity index (χ2v) is 6.54. The fourth-order valence-electron chi connectivity index (χ4n) is 2.13. The Hall–Kier alpha value is -1.49. The van der Waals surface area contributed by atoms with Gasteiger partial charge in [0.1, 0.15) is 0 Å². The van der Waals surface area contributed by atoms with Crippen molar-refractivity contribution in [3.05, 3.63) is 70.7 Å². The maximum atomic E-state index is 12.2. The average Bonchev–Trinajstić information content (AvgIpc) is 2.58. The normalized spacial score (nSPS) is 11.9. The molecule has 3 nitrogen and oxygen atoms in total. The first-order chi connectivity index (χ1) is 11.2. The zero-order chi connectivity index (χ0) is 16.5. The van der Waals surface area contributed by atoms with Crippen LogP contribution in [-0.4, -0.2) is 25.3 Å². The van der Waals surface area contributed by atoms with E-state index < -0.39 is 6.10 Å². The van der Waals surface area contributed by atoms with Gasteiger partial charge >= 0.3 is 0 Å². The van der Waals surface area contributed by atoms with Gasteiger partial charge in [0.15, 0.2) is 6.10 Å². The van der Waals surface area contributed by atoms with E-state index in [0.29, 0.717) is 6.54 Å². The van der Waals surface area contributed by atoms with E-state index in [4.69, 9.17) is 16.3 Å². The van der Waals surface area contributed by atoms with E-state index in [0.717, 1.165) is 22.1 Å². The summed E-state index contributed by atoms with van der Waals surface area (Å²) in [6, 6.07) is 17.3. The SMILES string of the molecule is COC(C(=O)NCCSCc1ccc(Cl)cc1)c1ccccc1. The minimum Gasteiger partial charge on any atom is -0.367 e. The number of hydrogen-bond acceptors (Lipinski definition) is 3. The molecule has 23 heavy (non-hydrogen) atoms. The molecule has 0 spiro atoms. The smallest absolute Gasteiger partial charge is 0.253 e. The van der Waals surface area contributed by atoms with Crippen molar-refractivity contribution in [1.82, 2.24) is 5.32 Å². The number of carbonyl (C=O) groups excluding carboxylic acids is 1. The Morgan fingerprint density at radius 2 is 1.87 bits per heavy atom. The summed E-state index contributed by atoms with van der Waals surface area (Å²) in [7, 11) is 1.55. The second-order valence-electron chi connectivity index (χ2n) is 5.00. The third kappa shape index (κ3) is 5.90. The molecular formula is C18H20ClNO2S.